The van der Waals surface area contributed by atoms with Gasteiger partial charge in [0, 0.05) is 29.4 Å². The van der Waals surface area contributed by atoms with Gasteiger partial charge in [0.05, 0.1) is 10.9 Å². The van der Waals surface area contributed by atoms with Gasteiger partial charge in [-0.3, -0.25) is 4.79 Å². The lowest BCUT2D eigenvalue weighted by Gasteiger charge is -2.11. The number of thiazole rings is 1. The minimum atomic E-state index is -0.232. The molecule has 0 spiro atoms. The number of nitrogens with one attached hydrogen (secondary N) is 1. The minimum Gasteiger partial charge on any atom is -0.323 e. The fourth-order valence-electron chi connectivity index (χ4n) is 2.51. The predicted molar refractivity (Wildman–Crippen MR) is 102 cm³/mol. The summed E-state index contributed by atoms with van der Waals surface area (Å²) in [6.45, 7) is 1.90. The highest BCUT2D eigenvalue weighted by Crippen LogP contribution is 2.38. The van der Waals surface area contributed by atoms with E-state index in [1.54, 1.807) is 6.20 Å². The Labute approximate surface area is 154 Å². The summed E-state index contributed by atoms with van der Waals surface area (Å²) in [7, 11) is 0. The molecule has 1 fully saturated rings. The maximum atomic E-state index is 12.5. The van der Waals surface area contributed by atoms with Crippen molar-refractivity contribution in [2.75, 3.05) is 5.32 Å². The van der Waals surface area contributed by atoms with Gasteiger partial charge in [-0.1, -0.05) is 42.1 Å². The van der Waals surface area contributed by atoms with Crippen molar-refractivity contribution in [1.29, 1.82) is 0 Å². The predicted octanol–water partition coefficient (Wildman–Crippen LogP) is 4.46. The zero-order valence-corrected chi connectivity index (χ0v) is 15.4. The third-order valence-corrected chi connectivity index (χ3v) is 5.88. The van der Waals surface area contributed by atoms with Gasteiger partial charge >= 0.3 is 0 Å². The van der Waals surface area contributed by atoms with Crippen molar-refractivity contribution in [3.63, 3.8) is 0 Å². The van der Waals surface area contributed by atoms with Crippen LogP contribution in [-0.4, -0.2) is 25.7 Å². The van der Waals surface area contributed by atoms with Gasteiger partial charge in [-0.25, -0.2) is 9.97 Å². The summed E-state index contributed by atoms with van der Waals surface area (Å²) in [6, 6.07) is 10.5. The van der Waals surface area contributed by atoms with Gasteiger partial charge in [-0.15, -0.1) is 11.3 Å². The van der Waals surface area contributed by atoms with Crippen molar-refractivity contribution in [2.45, 2.75) is 36.2 Å². The Hall–Kier alpha value is -2.12. The van der Waals surface area contributed by atoms with Crippen LogP contribution in [0.25, 0.3) is 11.3 Å². The molecule has 0 saturated heterocycles. The van der Waals surface area contributed by atoms with Crippen LogP contribution in [0.3, 0.4) is 0 Å². The molecule has 7 heteroatoms. The second kappa shape index (κ2) is 7.01. The highest BCUT2D eigenvalue weighted by atomic mass is 32.2. The number of carbonyl (C=O) groups is 1. The number of aromatic nitrogens is 3. The molecule has 1 aromatic carbocycles. The highest BCUT2D eigenvalue weighted by Gasteiger charge is 2.27. The Balaban J connectivity index is 1.40. The monoisotopic (exact) mass is 370 g/mol. The van der Waals surface area contributed by atoms with Crippen molar-refractivity contribution < 1.29 is 4.79 Å². The Morgan fingerprint density at radius 3 is 2.92 bits per heavy atom. The molecule has 1 amide bonds. The standard InChI is InChI=1S/C18H18N4OS2/c1-12(25-18-19-9-10-22(18)14-7-8-14)16(23)21-17-20-15(11-24-17)13-5-3-2-4-6-13/h2-6,9-12,14H,7-8H2,1H3,(H,20,21,23)/t12-/m0/s1. The first-order valence-electron chi connectivity index (χ1n) is 8.22. The highest BCUT2D eigenvalue weighted by molar-refractivity contribution is 8.00. The molecule has 0 radical (unpaired) electrons. The number of thioether (sulfide) groups is 1. The third kappa shape index (κ3) is 3.77. The molecule has 5 nitrogen and oxygen atoms in total. The number of imidazole rings is 1. The van der Waals surface area contributed by atoms with Crippen molar-refractivity contribution in [3.8, 4) is 11.3 Å². The van der Waals surface area contributed by atoms with Crippen molar-refractivity contribution in [2.24, 2.45) is 0 Å². The van der Waals surface area contributed by atoms with Crippen molar-refractivity contribution in [1.82, 2.24) is 14.5 Å². The van der Waals surface area contributed by atoms with Gasteiger partial charge < -0.3 is 9.88 Å². The van der Waals surface area contributed by atoms with Crippen LogP contribution >= 0.6 is 23.1 Å². The number of carbonyl (C=O) groups excluding carboxylic acids is 1. The van der Waals surface area contributed by atoms with Gasteiger partial charge in [-0.2, -0.15) is 0 Å². The fourth-order valence-corrected chi connectivity index (χ4v) is 4.17. The molecule has 1 aliphatic rings. The Bertz CT molecular complexity index is 870. The molecule has 4 rings (SSSR count). The lowest BCUT2D eigenvalue weighted by atomic mass is 10.2. The van der Waals surface area contributed by atoms with Gasteiger partial charge in [0.25, 0.3) is 0 Å². The number of benzene rings is 1. The van der Waals surface area contributed by atoms with E-state index in [0.29, 0.717) is 11.2 Å². The molecule has 0 bridgehead atoms. The number of rotatable bonds is 6. The summed E-state index contributed by atoms with van der Waals surface area (Å²) in [4.78, 5) is 21.4. The van der Waals surface area contributed by atoms with Crippen LogP contribution in [0.1, 0.15) is 25.8 Å². The zero-order chi connectivity index (χ0) is 17.2. The molecule has 2 heterocycles. The number of hydrogen-bond donors (Lipinski definition) is 1. The quantitative estimate of drug-likeness (QED) is 0.651. The van der Waals surface area contributed by atoms with Crippen molar-refractivity contribution in [3.05, 3.63) is 48.1 Å². The van der Waals surface area contributed by atoms with E-state index < -0.39 is 0 Å². The number of hydrogen-bond acceptors (Lipinski definition) is 5. The van der Waals surface area contributed by atoms with E-state index in [-0.39, 0.29) is 11.2 Å². The maximum absolute atomic E-state index is 12.5. The minimum absolute atomic E-state index is 0.0516. The van der Waals surface area contributed by atoms with Crippen LogP contribution in [0.4, 0.5) is 5.13 Å². The normalized spacial score (nSPS) is 15.1. The molecule has 1 atom stereocenters. The van der Waals surface area contributed by atoms with Gasteiger partial charge in [0.2, 0.25) is 5.91 Å². The molecule has 0 unspecified atom stereocenters. The smallest absolute Gasteiger partial charge is 0.239 e. The molecule has 1 saturated carbocycles. The molecule has 25 heavy (non-hydrogen) atoms. The first-order chi connectivity index (χ1) is 12.2. The van der Waals surface area contributed by atoms with Crippen LogP contribution in [0.15, 0.2) is 53.3 Å². The topological polar surface area (TPSA) is 59.8 Å². The van der Waals surface area contributed by atoms with Gasteiger partial charge in [0.1, 0.15) is 0 Å². The van der Waals surface area contributed by atoms with Crippen LogP contribution < -0.4 is 5.32 Å². The average Bonchev–Trinajstić information content (AvgIpc) is 3.19. The molecular formula is C18H18N4OS2. The van der Waals surface area contributed by atoms with Crippen LogP contribution in [0.5, 0.6) is 0 Å². The van der Waals surface area contributed by atoms with E-state index in [0.717, 1.165) is 16.4 Å². The summed E-state index contributed by atoms with van der Waals surface area (Å²) in [5, 5.41) is 6.19. The number of nitrogens with zero attached hydrogens (tertiary/aromatic N) is 3. The Morgan fingerprint density at radius 2 is 2.16 bits per heavy atom. The molecular weight excluding hydrogens is 352 g/mol. The van der Waals surface area contributed by atoms with Crippen LogP contribution in [0, 0.1) is 0 Å². The van der Waals surface area contributed by atoms with E-state index in [1.165, 1.54) is 35.9 Å². The Morgan fingerprint density at radius 1 is 1.36 bits per heavy atom. The summed E-state index contributed by atoms with van der Waals surface area (Å²) in [5.41, 5.74) is 1.93. The van der Waals surface area contributed by atoms with E-state index in [2.05, 4.69) is 19.9 Å². The molecule has 2 aromatic heterocycles. The maximum Gasteiger partial charge on any atom is 0.239 e. The lowest BCUT2D eigenvalue weighted by molar-refractivity contribution is -0.115. The van der Waals surface area contributed by atoms with E-state index in [1.807, 2.05) is 48.8 Å². The van der Waals surface area contributed by atoms with Crippen molar-refractivity contribution >= 4 is 34.1 Å². The summed E-state index contributed by atoms with van der Waals surface area (Å²) >= 11 is 2.94. The molecule has 1 aliphatic carbocycles. The molecule has 3 aromatic rings. The average molecular weight is 371 g/mol. The molecule has 1 N–H and O–H groups in total. The van der Waals surface area contributed by atoms with Crippen LogP contribution in [0.2, 0.25) is 0 Å². The zero-order valence-electron chi connectivity index (χ0n) is 13.8. The second-order valence-electron chi connectivity index (χ2n) is 6.00. The third-order valence-electron chi connectivity index (χ3n) is 4.03. The lowest BCUT2D eigenvalue weighted by Crippen LogP contribution is -2.22. The second-order valence-corrected chi connectivity index (χ2v) is 8.17. The largest absolute Gasteiger partial charge is 0.323 e. The van der Waals surface area contributed by atoms with Crippen LogP contribution in [-0.2, 0) is 4.79 Å². The van der Waals surface area contributed by atoms with E-state index in [4.69, 9.17) is 0 Å². The first kappa shape index (κ1) is 16.4. The summed E-state index contributed by atoms with van der Waals surface area (Å²) in [6.07, 6.45) is 6.20. The SMILES string of the molecule is C[C@H](Sc1nccn1C1CC1)C(=O)Nc1nc(-c2ccccc2)cs1. The first-order valence-corrected chi connectivity index (χ1v) is 9.98. The van der Waals surface area contributed by atoms with Gasteiger partial charge in [0.15, 0.2) is 10.3 Å². The number of anilines is 1. The Kier molecular flexibility index (Phi) is 4.59. The number of amides is 1. The molecule has 0 aliphatic heterocycles. The summed E-state index contributed by atoms with van der Waals surface area (Å²) < 4.78 is 2.17. The van der Waals surface area contributed by atoms with Gasteiger partial charge in [-0.05, 0) is 19.8 Å². The fraction of sp³-hybridized carbons (Fsp3) is 0.278. The van der Waals surface area contributed by atoms with E-state index in [9.17, 15) is 4.79 Å². The van der Waals surface area contributed by atoms with E-state index >= 15 is 0 Å². The molecule has 128 valence electrons. The summed E-state index contributed by atoms with van der Waals surface area (Å²) in [5.74, 6) is -0.0516.